The summed E-state index contributed by atoms with van der Waals surface area (Å²) in [4.78, 5) is 16.0. The van der Waals surface area contributed by atoms with Gasteiger partial charge in [-0.15, -0.1) is 0 Å². The van der Waals surface area contributed by atoms with Gasteiger partial charge in [0.05, 0.1) is 38.5 Å². The molecular formula is C76H49N5O. The summed E-state index contributed by atoms with van der Waals surface area (Å²) in [7, 11) is 0. The molecule has 0 bridgehead atoms. The zero-order valence-corrected chi connectivity index (χ0v) is 44.5. The lowest BCUT2D eigenvalue weighted by molar-refractivity contribution is 0.677. The number of furan rings is 1. The third-order valence-corrected chi connectivity index (χ3v) is 16.1. The molecule has 0 atom stereocenters. The molecule has 16 aromatic rings. The molecule has 0 aliphatic heterocycles. The minimum absolute atomic E-state index is 0.446. The fourth-order valence-electron chi connectivity index (χ4n) is 12.5. The van der Waals surface area contributed by atoms with Crippen molar-refractivity contribution in [2.45, 2.75) is 6.42 Å². The summed E-state index contributed by atoms with van der Waals surface area (Å²) in [6.45, 7) is 0. The molecule has 82 heavy (non-hydrogen) atoms. The van der Waals surface area contributed by atoms with E-state index in [2.05, 4.69) is 276 Å². The van der Waals surface area contributed by atoms with Crippen LogP contribution in [0.4, 0.5) is 0 Å². The van der Waals surface area contributed by atoms with E-state index in [0.29, 0.717) is 23.9 Å². The Morgan fingerprint density at radius 3 is 1.21 bits per heavy atom. The van der Waals surface area contributed by atoms with Crippen LogP contribution in [0.15, 0.2) is 290 Å². The van der Waals surface area contributed by atoms with Crippen molar-refractivity contribution in [2.24, 2.45) is 0 Å². The van der Waals surface area contributed by atoms with E-state index < -0.39 is 0 Å². The van der Waals surface area contributed by atoms with Gasteiger partial charge in [-0.1, -0.05) is 206 Å². The highest BCUT2D eigenvalue weighted by Gasteiger charge is 2.26. The van der Waals surface area contributed by atoms with Gasteiger partial charge in [-0.2, -0.15) is 0 Å². The highest BCUT2D eigenvalue weighted by atomic mass is 16.3. The first-order chi connectivity index (χ1) is 40.7. The Balaban J connectivity index is 0.921. The predicted octanol–water partition coefficient (Wildman–Crippen LogP) is 19.6. The molecule has 0 spiro atoms. The van der Waals surface area contributed by atoms with Crippen LogP contribution >= 0.6 is 0 Å². The van der Waals surface area contributed by atoms with Crippen molar-refractivity contribution < 1.29 is 4.42 Å². The van der Waals surface area contributed by atoms with E-state index in [0.717, 1.165) is 138 Å². The number of hydrogen-bond acceptors (Lipinski definition) is 4. The van der Waals surface area contributed by atoms with Crippen molar-refractivity contribution in [3.63, 3.8) is 0 Å². The molecule has 4 heterocycles. The van der Waals surface area contributed by atoms with Gasteiger partial charge in [0.2, 0.25) is 0 Å². The van der Waals surface area contributed by atoms with Crippen LogP contribution in [-0.4, -0.2) is 24.1 Å². The van der Waals surface area contributed by atoms with Crippen LogP contribution in [0.2, 0.25) is 0 Å². The Labute approximate surface area is 473 Å². The molecule has 6 heteroatoms. The molecule has 0 aliphatic rings. The normalized spacial score (nSPS) is 11.7. The highest BCUT2D eigenvalue weighted by molar-refractivity contribution is 6.29. The number of fused-ring (bicyclic) bond motifs is 11. The van der Waals surface area contributed by atoms with E-state index in [9.17, 15) is 0 Å². The lowest BCUT2D eigenvalue weighted by Crippen LogP contribution is -2.06. The van der Waals surface area contributed by atoms with Crippen molar-refractivity contribution in [1.29, 1.82) is 0 Å². The van der Waals surface area contributed by atoms with Crippen LogP contribution in [-0.2, 0) is 6.42 Å². The van der Waals surface area contributed by atoms with Gasteiger partial charge < -0.3 is 13.6 Å². The summed E-state index contributed by atoms with van der Waals surface area (Å²) in [5.74, 6) is 1.91. The zero-order chi connectivity index (χ0) is 54.1. The number of nitrogens with zero attached hydrogens (tertiary/aromatic N) is 5. The molecule has 16 rings (SSSR count). The standard InChI is InChI=1S/C76H49N5O/c1-7-23-50(24-8-1)55-46-56(51-25-9-2-10-26-51)48-57(47-55)76-78-69(77-75(79-76)54-31-15-5-16-32-54)45-49-43-63(52-27-11-3-12-28-52)72(64(44-49)53-29-13-4-14-30-53)81-66-38-22-20-36-62(66)71-68(81)42-40-60-59-39-41-67-70(73(59)82-74(60)71)61-35-19-21-37-65(61)80(67)58-33-17-6-18-34-58/h1-44,46-48H,45H2. The van der Waals surface area contributed by atoms with E-state index in [4.69, 9.17) is 19.4 Å². The first-order valence-corrected chi connectivity index (χ1v) is 27.9. The van der Waals surface area contributed by atoms with Crippen LogP contribution in [0.1, 0.15) is 11.4 Å². The van der Waals surface area contributed by atoms with E-state index in [-0.39, 0.29) is 0 Å². The molecule has 0 saturated carbocycles. The molecule has 4 aromatic heterocycles. The third-order valence-electron chi connectivity index (χ3n) is 16.1. The van der Waals surface area contributed by atoms with Crippen LogP contribution in [0.5, 0.6) is 0 Å². The van der Waals surface area contributed by atoms with Crippen LogP contribution in [0, 0.1) is 0 Å². The van der Waals surface area contributed by atoms with Gasteiger partial charge in [0.25, 0.3) is 0 Å². The summed E-state index contributed by atoms with van der Waals surface area (Å²) >= 11 is 0. The molecule has 12 aromatic carbocycles. The molecule has 0 fully saturated rings. The second kappa shape index (κ2) is 19.4. The maximum Gasteiger partial charge on any atom is 0.163 e. The van der Waals surface area contributed by atoms with Crippen molar-refractivity contribution in [3.8, 4) is 78.7 Å². The molecule has 0 amide bonds. The molecule has 384 valence electrons. The van der Waals surface area contributed by atoms with E-state index in [1.165, 1.54) is 0 Å². The summed E-state index contributed by atoms with van der Waals surface area (Å²) in [5, 5.41) is 6.63. The number of hydrogen-bond donors (Lipinski definition) is 0. The first-order valence-electron chi connectivity index (χ1n) is 27.9. The Morgan fingerprint density at radius 1 is 0.293 bits per heavy atom. The van der Waals surface area contributed by atoms with Crippen molar-refractivity contribution in [1.82, 2.24) is 24.1 Å². The molecule has 6 nitrogen and oxygen atoms in total. The van der Waals surface area contributed by atoms with E-state index in [1.54, 1.807) is 0 Å². The summed E-state index contributed by atoms with van der Waals surface area (Å²) < 4.78 is 12.2. The zero-order valence-electron chi connectivity index (χ0n) is 44.5. The minimum atomic E-state index is 0.446. The Morgan fingerprint density at radius 2 is 0.695 bits per heavy atom. The average molecular weight is 1050 g/mol. The van der Waals surface area contributed by atoms with Crippen molar-refractivity contribution in [3.05, 3.63) is 297 Å². The first kappa shape index (κ1) is 47.1. The van der Waals surface area contributed by atoms with E-state index in [1.807, 2.05) is 18.2 Å². The summed E-state index contributed by atoms with van der Waals surface area (Å²) in [6.07, 6.45) is 0.446. The number of benzene rings is 12. The third kappa shape index (κ3) is 7.91. The molecule has 0 aliphatic carbocycles. The van der Waals surface area contributed by atoms with Crippen LogP contribution in [0.3, 0.4) is 0 Å². The molecule has 0 radical (unpaired) electrons. The quantitative estimate of drug-likeness (QED) is 0.137. The number of para-hydroxylation sites is 3. The molecule has 0 N–H and O–H groups in total. The second-order valence-corrected chi connectivity index (χ2v) is 21.1. The Bertz CT molecular complexity index is 4970. The topological polar surface area (TPSA) is 61.7 Å². The largest absolute Gasteiger partial charge is 0.455 e. The van der Waals surface area contributed by atoms with Gasteiger partial charge in [0.15, 0.2) is 11.6 Å². The average Bonchev–Trinajstić information content (AvgIpc) is 4.39. The van der Waals surface area contributed by atoms with Gasteiger partial charge >= 0.3 is 0 Å². The molecular weight excluding hydrogens is 999 g/mol. The lowest BCUT2D eigenvalue weighted by Gasteiger charge is -2.21. The number of rotatable bonds is 10. The molecule has 0 saturated heterocycles. The van der Waals surface area contributed by atoms with Crippen molar-refractivity contribution >= 4 is 65.6 Å². The molecule has 0 unspecified atom stereocenters. The van der Waals surface area contributed by atoms with Gasteiger partial charge in [-0.3, -0.25) is 0 Å². The van der Waals surface area contributed by atoms with Crippen molar-refractivity contribution in [2.75, 3.05) is 0 Å². The SMILES string of the molecule is c1ccc(-c2cc(-c3ccccc3)cc(-c3nc(Cc4cc(-c5ccccc5)c(-n5c6ccccc6c6c7oc8c(ccc9c8c8ccccc8n9-c8ccccc8)c7ccc65)c(-c5ccccc5)c4)nc(-c4ccccc4)n3)c2)cc1. The number of aromatic nitrogens is 5. The fourth-order valence-corrected chi connectivity index (χ4v) is 12.5. The Hall–Kier alpha value is -11.0. The van der Waals surface area contributed by atoms with Gasteiger partial charge in [-0.05, 0) is 118 Å². The van der Waals surface area contributed by atoms with Gasteiger partial charge in [0, 0.05) is 55.9 Å². The minimum Gasteiger partial charge on any atom is -0.455 e. The van der Waals surface area contributed by atoms with Crippen LogP contribution < -0.4 is 0 Å². The highest BCUT2D eigenvalue weighted by Crippen LogP contribution is 2.48. The maximum absolute atomic E-state index is 7.40. The van der Waals surface area contributed by atoms with Gasteiger partial charge in [-0.25, -0.2) is 15.0 Å². The lowest BCUT2D eigenvalue weighted by atomic mass is 9.91. The monoisotopic (exact) mass is 1050 g/mol. The fraction of sp³-hybridized carbons (Fsp3) is 0.0132. The smallest absolute Gasteiger partial charge is 0.163 e. The predicted molar refractivity (Wildman–Crippen MR) is 338 cm³/mol. The summed E-state index contributed by atoms with van der Waals surface area (Å²) in [6, 6.07) is 101. The second-order valence-electron chi connectivity index (χ2n) is 21.1. The summed E-state index contributed by atoms with van der Waals surface area (Å²) in [5.41, 5.74) is 20.0. The van der Waals surface area contributed by atoms with Crippen LogP contribution in [0.25, 0.3) is 144 Å². The van der Waals surface area contributed by atoms with Gasteiger partial charge in [0.1, 0.15) is 17.0 Å². The van der Waals surface area contributed by atoms with E-state index >= 15 is 0 Å². The Kier molecular flexibility index (Phi) is 11.2. The maximum atomic E-state index is 7.40.